The van der Waals surface area contributed by atoms with E-state index in [1.54, 1.807) is 30.3 Å². The van der Waals surface area contributed by atoms with Crippen LogP contribution in [0.5, 0.6) is 0 Å². The first-order valence-corrected chi connectivity index (χ1v) is 10.6. The molecule has 144 valence electrons. The molecule has 1 saturated heterocycles. The fourth-order valence-electron chi connectivity index (χ4n) is 3.15. The van der Waals surface area contributed by atoms with Crippen LogP contribution in [0.15, 0.2) is 48.5 Å². The number of hydrogen-bond donors (Lipinski definition) is 1. The van der Waals surface area contributed by atoms with Crippen molar-refractivity contribution in [2.24, 2.45) is 5.92 Å². The summed E-state index contributed by atoms with van der Waals surface area (Å²) in [5, 5.41) is 3.14. The van der Waals surface area contributed by atoms with E-state index in [9.17, 15) is 17.6 Å². The lowest BCUT2D eigenvalue weighted by Crippen LogP contribution is -2.44. The molecule has 0 radical (unpaired) electrons. The molecule has 3 rings (SSSR count). The highest BCUT2D eigenvalue weighted by Gasteiger charge is 2.32. The number of halogens is 2. The average Bonchev–Trinajstić information content (AvgIpc) is 2.61. The van der Waals surface area contributed by atoms with Crippen molar-refractivity contribution in [1.29, 1.82) is 0 Å². The second kappa shape index (κ2) is 8.37. The molecule has 0 bridgehead atoms. The predicted molar refractivity (Wildman–Crippen MR) is 103 cm³/mol. The van der Waals surface area contributed by atoms with Crippen molar-refractivity contribution in [3.63, 3.8) is 0 Å². The van der Waals surface area contributed by atoms with Gasteiger partial charge < -0.3 is 5.32 Å². The highest BCUT2D eigenvalue weighted by molar-refractivity contribution is 7.88. The normalized spacial score (nSPS) is 18.2. The van der Waals surface area contributed by atoms with Crippen LogP contribution in [-0.4, -0.2) is 31.7 Å². The highest BCUT2D eigenvalue weighted by Crippen LogP contribution is 2.23. The third-order valence-electron chi connectivity index (χ3n) is 4.48. The van der Waals surface area contributed by atoms with Crippen LogP contribution in [0.3, 0.4) is 0 Å². The summed E-state index contributed by atoms with van der Waals surface area (Å²) in [5.74, 6) is -1.38. The van der Waals surface area contributed by atoms with Crippen molar-refractivity contribution in [2.45, 2.75) is 18.6 Å². The first-order chi connectivity index (χ1) is 12.8. The summed E-state index contributed by atoms with van der Waals surface area (Å²) in [4.78, 5) is 12.5. The monoisotopic (exact) mass is 410 g/mol. The van der Waals surface area contributed by atoms with E-state index in [2.05, 4.69) is 5.32 Å². The van der Waals surface area contributed by atoms with Gasteiger partial charge in [-0.05, 0) is 48.7 Å². The van der Waals surface area contributed by atoms with E-state index in [0.29, 0.717) is 35.7 Å². The van der Waals surface area contributed by atoms with Crippen molar-refractivity contribution in [3.8, 4) is 0 Å². The fraction of sp³-hybridized carbons (Fsp3) is 0.316. The lowest BCUT2D eigenvalue weighted by Gasteiger charge is -2.31. The average molecular weight is 411 g/mol. The number of amides is 1. The molecule has 1 aliphatic rings. The summed E-state index contributed by atoms with van der Waals surface area (Å²) in [5.41, 5.74) is 0.966. The number of carbonyl (C=O) groups excluding carboxylic acids is 1. The summed E-state index contributed by atoms with van der Waals surface area (Å²) in [6.07, 6.45) is 1.18. The zero-order valence-electron chi connectivity index (χ0n) is 14.6. The predicted octanol–water partition coefficient (Wildman–Crippen LogP) is 3.66. The van der Waals surface area contributed by atoms with Gasteiger partial charge in [-0.15, -0.1) is 0 Å². The maximum absolute atomic E-state index is 13.3. The Morgan fingerprint density at radius 3 is 2.74 bits per heavy atom. The van der Waals surface area contributed by atoms with Gasteiger partial charge in [0.1, 0.15) is 5.82 Å². The first-order valence-electron chi connectivity index (χ1n) is 8.62. The fourth-order valence-corrected chi connectivity index (χ4v) is 4.96. The molecule has 0 spiro atoms. The van der Waals surface area contributed by atoms with Gasteiger partial charge >= 0.3 is 0 Å². The zero-order chi connectivity index (χ0) is 19.4. The third kappa shape index (κ3) is 5.28. The lowest BCUT2D eigenvalue weighted by atomic mass is 9.99. The van der Waals surface area contributed by atoms with E-state index < -0.39 is 21.8 Å². The van der Waals surface area contributed by atoms with Crippen LogP contribution in [-0.2, 0) is 20.6 Å². The van der Waals surface area contributed by atoms with Gasteiger partial charge in [0.15, 0.2) is 0 Å². The van der Waals surface area contributed by atoms with Crippen molar-refractivity contribution < 1.29 is 17.6 Å². The zero-order valence-corrected chi connectivity index (χ0v) is 16.1. The Hall–Kier alpha value is -1.96. The summed E-state index contributed by atoms with van der Waals surface area (Å²) in [6, 6.07) is 12.3. The van der Waals surface area contributed by atoms with Gasteiger partial charge in [0.2, 0.25) is 15.9 Å². The van der Waals surface area contributed by atoms with Crippen molar-refractivity contribution in [3.05, 3.63) is 64.9 Å². The van der Waals surface area contributed by atoms with Gasteiger partial charge in [-0.25, -0.2) is 17.1 Å². The largest absolute Gasteiger partial charge is 0.326 e. The number of anilines is 1. The molecule has 0 saturated carbocycles. The van der Waals surface area contributed by atoms with Gasteiger partial charge in [0, 0.05) is 23.8 Å². The number of sulfonamides is 1. The quantitative estimate of drug-likeness (QED) is 0.818. The van der Waals surface area contributed by atoms with Crippen LogP contribution in [0.25, 0.3) is 0 Å². The number of nitrogens with zero attached hydrogens (tertiary/aromatic N) is 1. The molecule has 5 nitrogen and oxygen atoms in total. The van der Waals surface area contributed by atoms with Gasteiger partial charge in [0.25, 0.3) is 0 Å². The number of piperidine rings is 1. The van der Waals surface area contributed by atoms with Gasteiger partial charge in [-0.1, -0.05) is 29.8 Å². The topological polar surface area (TPSA) is 66.5 Å². The van der Waals surface area contributed by atoms with Crippen LogP contribution in [0.4, 0.5) is 10.1 Å². The summed E-state index contributed by atoms with van der Waals surface area (Å²) in [7, 11) is -3.56. The SMILES string of the molecule is O=C(Nc1cccc(F)c1)[C@@H]1CCCN(S(=O)(=O)Cc2cccc(Cl)c2)C1. The summed E-state index contributed by atoms with van der Waals surface area (Å²) in [6.45, 7) is 0.497. The Kier molecular flexibility index (Phi) is 6.14. The third-order valence-corrected chi connectivity index (χ3v) is 6.53. The van der Waals surface area contributed by atoms with E-state index >= 15 is 0 Å². The van der Waals surface area contributed by atoms with Crippen molar-refractivity contribution in [2.75, 3.05) is 18.4 Å². The first kappa shape index (κ1) is 19.8. The minimum absolute atomic E-state index is 0.115. The second-order valence-electron chi connectivity index (χ2n) is 6.58. The van der Waals surface area contributed by atoms with E-state index in [1.807, 2.05) is 0 Å². The van der Waals surface area contributed by atoms with Crippen LogP contribution in [0.2, 0.25) is 5.02 Å². The Bertz CT molecular complexity index is 936. The number of carbonyl (C=O) groups is 1. The maximum atomic E-state index is 13.3. The molecule has 1 aliphatic heterocycles. The Morgan fingerprint density at radius 1 is 1.22 bits per heavy atom. The maximum Gasteiger partial charge on any atom is 0.228 e. The van der Waals surface area contributed by atoms with Crippen LogP contribution >= 0.6 is 11.6 Å². The van der Waals surface area contributed by atoms with E-state index in [4.69, 9.17) is 11.6 Å². The number of benzene rings is 2. The highest BCUT2D eigenvalue weighted by atomic mass is 35.5. The van der Waals surface area contributed by atoms with Crippen LogP contribution < -0.4 is 5.32 Å². The number of hydrogen-bond acceptors (Lipinski definition) is 3. The van der Waals surface area contributed by atoms with Gasteiger partial charge in [0.05, 0.1) is 11.7 Å². The molecule has 2 aromatic carbocycles. The molecule has 1 atom stereocenters. The molecular weight excluding hydrogens is 391 g/mol. The van der Waals surface area contributed by atoms with Crippen LogP contribution in [0, 0.1) is 11.7 Å². The Morgan fingerprint density at radius 2 is 2.00 bits per heavy atom. The minimum Gasteiger partial charge on any atom is -0.326 e. The number of rotatable bonds is 5. The molecule has 2 aromatic rings. The van der Waals surface area contributed by atoms with E-state index in [0.717, 1.165) is 0 Å². The molecule has 8 heteroatoms. The molecule has 1 amide bonds. The second-order valence-corrected chi connectivity index (χ2v) is 8.99. The standard InChI is InChI=1S/C19H20ClFN2O3S/c20-16-6-1-4-14(10-16)13-27(25,26)23-9-3-5-15(12-23)19(24)22-18-8-2-7-17(21)11-18/h1-2,4,6-8,10-11,15H,3,5,9,12-13H2,(H,22,24)/t15-/m1/s1. The minimum atomic E-state index is -3.56. The van der Waals surface area contributed by atoms with E-state index in [1.165, 1.54) is 22.5 Å². The van der Waals surface area contributed by atoms with Crippen molar-refractivity contribution in [1.82, 2.24) is 4.31 Å². The van der Waals surface area contributed by atoms with Gasteiger partial charge in [-0.3, -0.25) is 4.79 Å². The molecular formula is C19H20ClFN2O3S. The molecule has 0 aliphatic carbocycles. The lowest BCUT2D eigenvalue weighted by molar-refractivity contribution is -0.120. The van der Waals surface area contributed by atoms with E-state index in [-0.39, 0.29) is 18.2 Å². The smallest absolute Gasteiger partial charge is 0.228 e. The Labute approximate surface area is 163 Å². The molecule has 1 fully saturated rings. The van der Waals surface area contributed by atoms with Crippen molar-refractivity contribution >= 4 is 33.2 Å². The molecule has 1 heterocycles. The Balaban J connectivity index is 1.66. The number of nitrogens with one attached hydrogen (secondary N) is 1. The summed E-state index contributed by atoms with van der Waals surface area (Å²) < 4.78 is 40.1. The van der Waals surface area contributed by atoms with Crippen LogP contribution in [0.1, 0.15) is 18.4 Å². The summed E-state index contributed by atoms with van der Waals surface area (Å²) >= 11 is 5.92. The molecule has 0 unspecified atom stereocenters. The molecule has 0 aromatic heterocycles. The van der Waals surface area contributed by atoms with Gasteiger partial charge in [-0.2, -0.15) is 0 Å². The molecule has 27 heavy (non-hydrogen) atoms. The molecule has 1 N–H and O–H groups in total.